The van der Waals surface area contributed by atoms with Crippen LogP contribution < -0.4 is 0 Å². The number of carbonyl (C=O) groups is 2. The minimum Gasteiger partial charge on any atom is -0.344 e. The van der Waals surface area contributed by atoms with Crippen molar-refractivity contribution < 1.29 is 56.5 Å². The molecule has 3 nitrogen and oxygen atoms in total. The van der Waals surface area contributed by atoms with E-state index in [2.05, 4.69) is 72.0 Å². The largest absolute Gasteiger partial charge is 0.344 e. The fraction of sp³-hybridized carbons (Fsp3) is 0.452. The molecule has 1 aromatic rings. The van der Waals surface area contributed by atoms with E-state index in [1.807, 2.05) is 26.8 Å². The number of rotatable bonds is 11. The van der Waals surface area contributed by atoms with Crippen molar-refractivity contribution in [1.29, 1.82) is 0 Å². The molecule has 1 unspecified atom stereocenters. The van der Waals surface area contributed by atoms with Crippen LogP contribution in [0.4, 0.5) is 0 Å². The van der Waals surface area contributed by atoms with E-state index in [4.69, 9.17) is 0 Å². The molecule has 0 aromatic heterocycles. The van der Waals surface area contributed by atoms with Crippen LogP contribution in [0.5, 0.6) is 0 Å². The Hall–Kier alpha value is -0.811. The minimum atomic E-state index is -0.253. The van der Waals surface area contributed by atoms with Crippen LogP contribution in [0.3, 0.4) is 0 Å². The predicted octanol–water partition coefficient (Wildman–Crippen LogP) is 8.48. The fourth-order valence-electron chi connectivity index (χ4n) is 3.54. The van der Waals surface area contributed by atoms with E-state index in [9.17, 15) is 9.59 Å². The van der Waals surface area contributed by atoms with Crippen molar-refractivity contribution in [2.75, 3.05) is 6.54 Å². The summed E-state index contributed by atoms with van der Waals surface area (Å²) in [6, 6.07) is 8.31. The Morgan fingerprint density at radius 1 is 1.11 bits per heavy atom. The van der Waals surface area contributed by atoms with Gasteiger partial charge in [0.2, 0.25) is 5.91 Å². The zero-order chi connectivity index (χ0) is 27.2. The normalized spacial score (nSPS) is 12.8. The number of allylic oxidation sites excluding steroid dienone is 6. The number of hydrogen-bond donors (Lipinski definition) is 0. The molecule has 0 aliphatic carbocycles. The number of amides is 1. The van der Waals surface area contributed by atoms with Gasteiger partial charge in [-0.15, -0.1) is 11.8 Å². The average molecular weight is 670 g/mol. The van der Waals surface area contributed by atoms with Gasteiger partial charge in [-0.25, -0.2) is 0 Å². The molecule has 0 saturated carbocycles. The second-order valence-corrected chi connectivity index (χ2v) is 10.6. The molecule has 1 atom stereocenters. The van der Waals surface area contributed by atoms with Crippen LogP contribution in [0, 0.1) is 72.1 Å². The number of aryl methyl sites for hydroxylation is 1. The van der Waals surface area contributed by atoms with Crippen LogP contribution >= 0.6 is 11.8 Å². The van der Waals surface area contributed by atoms with Gasteiger partial charge < -0.3 is 11.8 Å². The third kappa shape index (κ3) is 13.1. The Kier molecular flexibility index (Phi) is 20.0. The zero-order valence-corrected chi connectivity index (χ0v) is 26.0. The predicted molar refractivity (Wildman–Crippen MR) is 155 cm³/mol. The summed E-state index contributed by atoms with van der Waals surface area (Å²) in [6.07, 6.45) is 6.98. The van der Waals surface area contributed by atoms with Crippen molar-refractivity contribution in [3.63, 3.8) is 0 Å². The van der Waals surface area contributed by atoms with E-state index in [1.54, 1.807) is 24.0 Å². The summed E-state index contributed by atoms with van der Waals surface area (Å²) < 4.78 is 0. The Morgan fingerprint density at radius 2 is 1.64 bits per heavy atom. The van der Waals surface area contributed by atoms with Crippen molar-refractivity contribution in [2.24, 2.45) is 11.3 Å². The number of hydrogen-bond acceptors (Lipinski definition) is 3. The second kappa shape index (κ2) is 19.3. The van der Waals surface area contributed by atoms with E-state index >= 15 is 0 Å². The van der Waals surface area contributed by atoms with Crippen LogP contribution in [0.2, 0.25) is 0 Å². The SMILES string of the molecule is C=C/C=C(\C=C)CC(C(=O)N(CC)/C(C)=C(\SCc1ccc(C)cc1)C(C)=O)C(C)(C)C.[CH2-]CC.[Yb]. The van der Waals surface area contributed by atoms with Crippen molar-refractivity contribution >= 4 is 23.5 Å². The van der Waals surface area contributed by atoms with E-state index in [1.165, 1.54) is 17.3 Å². The van der Waals surface area contributed by atoms with Crippen LogP contribution in [0.1, 0.15) is 72.4 Å². The van der Waals surface area contributed by atoms with Gasteiger partial charge in [0.1, 0.15) is 0 Å². The van der Waals surface area contributed by atoms with E-state index < -0.39 is 0 Å². The first-order valence-electron chi connectivity index (χ1n) is 12.3. The molecule has 1 rings (SSSR count). The number of ketones is 1. The average Bonchev–Trinajstić information content (AvgIpc) is 2.77. The van der Waals surface area contributed by atoms with E-state index in [0.717, 1.165) is 23.3 Å². The molecule has 0 N–H and O–H groups in total. The molecular weight excluding hydrogens is 623 g/mol. The summed E-state index contributed by atoms with van der Waals surface area (Å²) in [5, 5.41) is 0. The molecule has 0 heterocycles. The summed E-state index contributed by atoms with van der Waals surface area (Å²) in [5.74, 6) is 0.446. The van der Waals surface area contributed by atoms with Crippen LogP contribution in [0.25, 0.3) is 0 Å². The molecule has 0 radical (unpaired) electrons. The number of benzene rings is 1. The molecule has 0 fully saturated rings. The monoisotopic (exact) mass is 670 g/mol. The summed E-state index contributed by atoms with van der Waals surface area (Å²) in [5.41, 5.74) is 3.81. The van der Waals surface area contributed by atoms with Crippen molar-refractivity contribution in [3.05, 3.63) is 89.9 Å². The van der Waals surface area contributed by atoms with Crippen molar-refractivity contribution in [2.45, 2.75) is 74.0 Å². The van der Waals surface area contributed by atoms with Gasteiger partial charge >= 0.3 is 0 Å². The van der Waals surface area contributed by atoms with Gasteiger partial charge in [0.05, 0.1) is 4.91 Å². The molecule has 208 valence electrons. The standard InChI is InChI=1S/C28H39NO2S.C3H7.Yb/c1-10-13-23(11-2)18-25(28(7,8)9)27(31)29(12-3)21(5)26(22(6)30)32-19-24-16-14-20(4)15-17-24;1-3-2;/h10-11,13-17,25H,1-2,12,18-19H2,3-9H3;1,3H2,2H3;/q;-1;/b23-13+,26-21-;;. The minimum absolute atomic E-state index is 0. The Morgan fingerprint density at radius 3 is 2.03 bits per heavy atom. The summed E-state index contributed by atoms with van der Waals surface area (Å²) in [6.45, 7) is 27.4. The molecule has 1 aromatic carbocycles. The Labute approximate surface area is 264 Å². The Bertz CT molecular complexity index is 907. The molecule has 0 spiro atoms. The molecule has 0 aliphatic rings. The van der Waals surface area contributed by atoms with E-state index in [-0.39, 0.29) is 69.9 Å². The van der Waals surface area contributed by atoms with Crippen molar-refractivity contribution in [1.82, 2.24) is 4.90 Å². The fourth-order valence-corrected chi connectivity index (χ4v) is 4.57. The van der Waals surface area contributed by atoms with Gasteiger partial charge in [0.25, 0.3) is 0 Å². The van der Waals surface area contributed by atoms with E-state index in [0.29, 0.717) is 23.6 Å². The number of thioether (sulfide) groups is 1. The molecule has 0 saturated heterocycles. The maximum Gasteiger partial charge on any atom is 0.230 e. The molecule has 1 amide bonds. The summed E-state index contributed by atoms with van der Waals surface area (Å²) in [4.78, 5) is 28.7. The maximum absolute atomic E-state index is 13.7. The van der Waals surface area contributed by atoms with Gasteiger partial charge in [0, 0.05) is 70.8 Å². The summed E-state index contributed by atoms with van der Waals surface area (Å²) in [7, 11) is 0. The number of carbonyl (C=O) groups excluding carboxylic acids is 2. The van der Waals surface area contributed by atoms with Crippen LogP contribution in [0.15, 0.2) is 71.8 Å². The van der Waals surface area contributed by atoms with Gasteiger partial charge in [0.15, 0.2) is 5.78 Å². The first-order chi connectivity index (χ1) is 16.4. The smallest absolute Gasteiger partial charge is 0.230 e. The maximum atomic E-state index is 13.7. The van der Waals surface area contributed by atoms with Gasteiger partial charge in [-0.2, -0.15) is 6.42 Å². The molecule has 5 heteroatoms. The van der Waals surface area contributed by atoms with Crippen LogP contribution in [-0.2, 0) is 15.3 Å². The number of nitrogens with zero attached hydrogens (tertiary/aromatic N) is 1. The first kappa shape index (κ1) is 37.3. The van der Waals surface area contributed by atoms with Gasteiger partial charge in [-0.3, -0.25) is 9.59 Å². The molecular formula is C31H46NO2SYb-. The Balaban J connectivity index is 0. The quantitative estimate of drug-likeness (QED) is 0.135. The summed E-state index contributed by atoms with van der Waals surface area (Å²) >= 11 is 1.50. The molecule has 0 aliphatic heterocycles. The van der Waals surface area contributed by atoms with Gasteiger partial charge in [-0.05, 0) is 50.7 Å². The topological polar surface area (TPSA) is 37.4 Å². The number of Topliss-reactive ketones (excluding diaryl/α,β-unsaturated/α-hetero) is 1. The zero-order valence-electron chi connectivity index (χ0n) is 23.5. The molecule has 0 bridgehead atoms. The second-order valence-electron chi connectivity index (χ2n) is 9.63. The van der Waals surface area contributed by atoms with Gasteiger partial charge in [-0.1, -0.05) is 88.9 Å². The first-order valence-corrected chi connectivity index (χ1v) is 13.3. The third-order valence-corrected chi connectivity index (χ3v) is 6.87. The van der Waals surface area contributed by atoms with Crippen molar-refractivity contribution in [3.8, 4) is 0 Å². The van der Waals surface area contributed by atoms with Crippen LogP contribution in [-0.4, -0.2) is 23.1 Å². The molecule has 36 heavy (non-hydrogen) atoms. The third-order valence-electron chi connectivity index (χ3n) is 5.52.